The van der Waals surface area contributed by atoms with Gasteiger partial charge in [-0.3, -0.25) is 14.4 Å². The lowest BCUT2D eigenvalue weighted by atomic mass is 10.1. The summed E-state index contributed by atoms with van der Waals surface area (Å²) in [5, 5.41) is 8.71. The molecule has 180 valence electrons. The monoisotopic (exact) mass is 496 g/mol. The number of aryl methyl sites for hydroxylation is 1. The molecule has 0 radical (unpaired) electrons. The maximum atomic E-state index is 13.2. The molecule has 0 spiro atoms. The van der Waals surface area contributed by atoms with E-state index in [2.05, 4.69) is 21.2 Å². The fraction of sp³-hybridized carbons (Fsp3) is 0.120. The van der Waals surface area contributed by atoms with E-state index >= 15 is 0 Å². The minimum absolute atomic E-state index is 0.106. The van der Waals surface area contributed by atoms with Crippen molar-refractivity contribution in [2.24, 2.45) is 5.10 Å². The molecule has 0 unspecified atom stereocenters. The number of rotatable bonds is 8. The number of anilines is 2. The maximum absolute atomic E-state index is 13.2. The van der Waals surface area contributed by atoms with Crippen molar-refractivity contribution in [2.75, 3.05) is 17.2 Å². The number of halogens is 2. The number of nitrogens with one attached hydrogen (secondary N) is 3. The molecule has 0 fully saturated rings. The molecule has 0 aliphatic carbocycles. The van der Waals surface area contributed by atoms with E-state index < -0.39 is 23.5 Å². The molecule has 0 heterocycles. The Bertz CT molecular complexity index is 1250. The van der Waals surface area contributed by atoms with Gasteiger partial charge in [-0.2, -0.15) is 5.10 Å². The second kappa shape index (κ2) is 12.3. The molecule has 3 aromatic carbocycles. The van der Waals surface area contributed by atoms with Crippen molar-refractivity contribution in [3.8, 4) is 5.75 Å². The summed E-state index contributed by atoms with van der Waals surface area (Å²) in [7, 11) is 0. The van der Waals surface area contributed by atoms with E-state index in [0.717, 1.165) is 18.1 Å². The highest BCUT2D eigenvalue weighted by Crippen LogP contribution is 2.19. The van der Waals surface area contributed by atoms with Gasteiger partial charge in [0.1, 0.15) is 11.6 Å². The van der Waals surface area contributed by atoms with Gasteiger partial charge in [0.15, 0.2) is 6.61 Å². The summed E-state index contributed by atoms with van der Waals surface area (Å²) in [6, 6.07) is 17.6. The van der Waals surface area contributed by atoms with Crippen LogP contribution < -0.4 is 20.8 Å². The van der Waals surface area contributed by atoms with Gasteiger partial charge in [-0.25, -0.2) is 9.82 Å². The van der Waals surface area contributed by atoms with Crippen molar-refractivity contribution in [1.82, 2.24) is 5.43 Å². The van der Waals surface area contributed by atoms with E-state index in [1.54, 1.807) is 36.4 Å². The Morgan fingerprint density at radius 1 is 0.971 bits per heavy atom. The topological polar surface area (TPSA) is 109 Å². The lowest BCUT2D eigenvalue weighted by molar-refractivity contribution is -0.136. The van der Waals surface area contributed by atoms with Crippen molar-refractivity contribution in [2.45, 2.75) is 13.3 Å². The lowest BCUT2D eigenvalue weighted by Crippen LogP contribution is -2.32. The van der Waals surface area contributed by atoms with Gasteiger partial charge in [-0.05, 0) is 60.0 Å². The summed E-state index contributed by atoms with van der Waals surface area (Å²) in [6.07, 6.45) is 2.20. The molecular weight excluding hydrogens is 475 g/mol. The molecule has 3 rings (SSSR count). The fourth-order valence-electron chi connectivity index (χ4n) is 2.83. The third-order valence-electron chi connectivity index (χ3n) is 4.64. The van der Waals surface area contributed by atoms with E-state index in [0.29, 0.717) is 22.7 Å². The van der Waals surface area contributed by atoms with Crippen LogP contribution in [-0.4, -0.2) is 30.5 Å². The first-order valence-electron chi connectivity index (χ1n) is 10.5. The van der Waals surface area contributed by atoms with Crippen molar-refractivity contribution in [1.29, 1.82) is 0 Å². The summed E-state index contributed by atoms with van der Waals surface area (Å²) in [5.41, 5.74) is 4.67. The zero-order chi connectivity index (χ0) is 25.2. The van der Waals surface area contributed by atoms with Crippen molar-refractivity contribution >= 4 is 46.9 Å². The molecule has 0 aromatic heterocycles. The number of hydrogen-bond donors (Lipinski definition) is 3. The Hall–Kier alpha value is -4.24. The highest BCUT2D eigenvalue weighted by Gasteiger charge is 2.12. The largest absolute Gasteiger partial charge is 0.484 e. The molecule has 0 aliphatic heterocycles. The highest BCUT2D eigenvalue weighted by molar-refractivity contribution is 6.39. The van der Waals surface area contributed by atoms with E-state index in [4.69, 9.17) is 16.3 Å². The molecule has 35 heavy (non-hydrogen) atoms. The second-order valence-corrected chi connectivity index (χ2v) is 7.65. The third kappa shape index (κ3) is 7.94. The van der Waals surface area contributed by atoms with Crippen LogP contribution in [0.5, 0.6) is 5.75 Å². The Morgan fingerprint density at radius 3 is 2.43 bits per heavy atom. The second-order valence-electron chi connectivity index (χ2n) is 7.24. The molecule has 3 N–H and O–H groups in total. The predicted octanol–water partition coefficient (Wildman–Crippen LogP) is 4.15. The number of benzene rings is 3. The van der Waals surface area contributed by atoms with Crippen LogP contribution in [0.3, 0.4) is 0 Å². The van der Waals surface area contributed by atoms with Crippen molar-refractivity contribution < 1.29 is 23.5 Å². The standard InChI is InChI=1S/C25H22ClFN4O4/c1-2-16-6-8-18(9-7-16)30-24(33)25(34)31-28-14-17-4-3-5-20(12-17)35-15-23(32)29-19-10-11-22(27)21(26)13-19/h3-14H,2,15H2,1H3,(H,29,32)(H,30,33)(H,31,34)/b28-14-. The molecule has 3 amide bonds. The number of hydrazone groups is 1. The number of ether oxygens (including phenoxy) is 1. The van der Waals surface area contributed by atoms with Gasteiger partial charge < -0.3 is 15.4 Å². The highest BCUT2D eigenvalue weighted by atomic mass is 35.5. The van der Waals surface area contributed by atoms with Crippen LogP contribution in [0.1, 0.15) is 18.1 Å². The number of amides is 3. The molecule has 0 atom stereocenters. The summed E-state index contributed by atoms with van der Waals surface area (Å²) in [6.45, 7) is 1.72. The van der Waals surface area contributed by atoms with Crippen LogP contribution in [0.15, 0.2) is 71.8 Å². The van der Waals surface area contributed by atoms with Crippen LogP contribution in [0.25, 0.3) is 0 Å². The SMILES string of the molecule is CCc1ccc(NC(=O)C(=O)N/N=C\c2cccc(OCC(=O)Nc3ccc(F)c(Cl)c3)c2)cc1. The maximum Gasteiger partial charge on any atom is 0.329 e. The van der Waals surface area contributed by atoms with Gasteiger partial charge in [-0.15, -0.1) is 0 Å². The summed E-state index contributed by atoms with van der Waals surface area (Å²) in [4.78, 5) is 36.0. The normalized spacial score (nSPS) is 10.6. The first-order chi connectivity index (χ1) is 16.8. The molecular formula is C25H22ClFN4O4. The number of hydrogen-bond acceptors (Lipinski definition) is 5. The first kappa shape index (κ1) is 25.4. The number of carbonyl (C=O) groups excluding carboxylic acids is 3. The van der Waals surface area contributed by atoms with Crippen LogP contribution in [-0.2, 0) is 20.8 Å². The van der Waals surface area contributed by atoms with Crippen LogP contribution in [0, 0.1) is 5.82 Å². The molecule has 0 saturated carbocycles. The average Bonchev–Trinajstić information content (AvgIpc) is 2.85. The summed E-state index contributed by atoms with van der Waals surface area (Å²) >= 11 is 5.69. The molecule has 0 aliphatic rings. The molecule has 3 aromatic rings. The average molecular weight is 497 g/mol. The van der Waals surface area contributed by atoms with Crippen molar-refractivity contribution in [3.63, 3.8) is 0 Å². The van der Waals surface area contributed by atoms with Crippen LogP contribution in [0.2, 0.25) is 5.02 Å². The Balaban J connectivity index is 1.47. The molecule has 8 nitrogen and oxygen atoms in total. The Labute approximate surface area is 206 Å². The summed E-state index contributed by atoms with van der Waals surface area (Å²) in [5.74, 6) is -2.45. The third-order valence-corrected chi connectivity index (χ3v) is 4.93. The van der Waals surface area contributed by atoms with Gasteiger partial charge >= 0.3 is 11.8 Å². The number of nitrogens with zero attached hydrogens (tertiary/aromatic N) is 1. The smallest absolute Gasteiger partial charge is 0.329 e. The summed E-state index contributed by atoms with van der Waals surface area (Å²) < 4.78 is 18.7. The minimum atomic E-state index is -0.925. The Morgan fingerprint density at radius 2 is 1.71 bits per heavy atom. The van der Waals surface area contributed by atoms with Gasteiger partial charge in [0.25, 0.3) is 5.91 Å². The first-order valence-corrected chi connectivity index (χ1v) is 10.9. The van der Waals surface area contributed by atoms with Crippen molar-refractivity contribution in [3.05, 3.63) is 88.7 Å². The van der Waals surface area contributed by atoms with Gasteiger partial charge in [0, 0.05) is 11.4 Å². The quantitative estimate of drug-likeness (QED) is 0.247. The zero-order valence-corrected chi connectivity index (χ0v) is 19.4. The van der Waals surface area contributed by atoms with Gasteiger partial charge in [0.2, 0.25) is 0 Å². The van der Waals surface area contributed by atoms with E-state index in [9.17, 15) is 18.8 Å². The lowest BCUT2D eigenvalue weighted by Gasteiger charge is -2.08. The van der Waals surface area contributed by atoms with E-state index in [-0.39, 0.29) is 11.6 Å². The molecule has 0 saturated heterocycles. The van der Waals surface area contributed by atoms with Gasteiger partial charge in [-0.1, -0.05) is 42.8 Å². The van der Waals surface area contributed by atoms with E-state index in [1.807, 2.05) is 19.1 Å². The molecule has 0 bridgehead atoms. The molecule has 10 heteroatoms. The minimum Gasteiger partial charge on any atom is -0.484 e. The van der Waals surface area contributed by atoms with E-state index in [1.165, 1.54) is 18.3 Å². The van der Waals surface area contributed by atoms with Gasteiger partial charge in [0.05, 0.1) is 11.2 Å². The Kier molecular flexibility index (Phi) is 8.91. The fourth-order valence-corrected chi connectivity index (χ4v) is 3.01. The zero-order valence-electron chi connectivity index (χ0n) is 18.7. The predicted molar refractivity (Wildman–Crippen MR) is 132 cm³/mol. The number of carbonyl (C=O) groups is 3. The van der Waals surface area contributed by atoms with Crippen LogP contribution in [0.4, 0.5) is 15.8 Å². The van der Waals surface area contributed by atoms with Crippen LogP contribution >= 0.6 is 11.6 Å².